The first kappa shape index (κ1) is 13.9. The third kappa shape index (κ3) is 3.05. The lowest BCUT2D eigenvalue weighted by Crippen LogP contribution is -2.52. The number of piperidine rings is 1. The minimum Gasteiger partial charge on any atom is -0.339 e. The molecule has 3 nitrogen and oxygen atoms in total. The SMILES string of the molecule is CCNCCC(=O)N1CCC(C)C2CCCCC21. The lowest BCUT2D eigenvalue weighted by atomic mass is 9.72. The van der Waals surface area contributed by atoms with Crippen LogP contribution in [-0.2, 0) is 4.79 Å². The maximum Gasteiger partial charge on any atom is 0.224 e. The molecule has 0 radical (unpaired) electrons. The van der Waals surface area contributed by atoms with E-state index in [1.165, 1.54) is 32.1 Å². The molecule has 3 unspecified atom stereocenters. The molecular formula is C15H28N2O. The zero-order chi connectivity index (χ0) is 13.0. The Morgan fingerprint density at radius 2 is 2.06 bits per heavy atom. The summed E-state index contributed by atoms with van der Waals surface area (Å²) in [6.45, 7) is 7.25. The Morgan fingerprint density at radius 3 is 2.83 bits per heavy atom. The van der Waals surface area contributed by atoms with Crippen LogP contribution in [-0.4, -0.2) is 36.5 Å². The first-order valence-corrected chi connectivity index (χ1v) is 7.74. The first-order valence-electron chi connectivity index (χ1n) is 7.74. The van der Waals surface area contributed by atoms with Crippen LogP contribution in [0, 0.1) is 11.8 Å². The molecule has 3 heteroatoms. The van der Waals surface area contributed by atoms with Crippen LogP contribution in [0.4, 0.5) is 0 Å². The lowest BCUT2D eigenvalue weighted by molar-refractivity contribution is -0.138. The zero-order valence-electron chi connectivity index (χ0n) is 12.0. The molecule has 2 aliphatic rings. The number of nitrogens with zero attached hydrogens (tertiary/aromatic N) is 1. The summed E-state index contributed by atoms with van der Waals surface area (Å²) in [5.41, 5.74) is 0. The molecule has 2 rings (SSSR count). The number of hydrogen-bond acceptors (Lipinski definition) is 2. The molecule has 3 atom stereocenters. The third-order valence-corrected chi connectivity index (χ3v) is 4.82. The number of carbonyl (C=O) groups is 1. The number of amides is 1. The summed E-state index contributed by atoms with van der Waals surface area (Å²) in [5.74, 6) is 1.96. The van der Waals surface area contributed by atoms with E-state index in [4.69, 9.17) is 0 Å². The zero-order valence-corrected chi connectivity index (χ0v) is 12.0. The standard InChI is InChI=1S/C15H28N2O/c1-3-16-10-8-15(18)17-11-9-12(2)13-6-4-5-7-14(13)17/h12-14,16H,3-11H2,1-2H3. The first-order chi connectivity index (χ1) is 8.74. The highest BCUT2D eigenvalue weighted by molar-refractivity contribution is 5.77. The van der Waals surface area contributed by atoms with Crippen LogP contribution in [0.2, 0.25) is 0 Å². The van der Waals surface area contributed by atoms with Crippen LogP contribution in [0.5, 0.6) is 0 Å². The van der Waals surface area contributed by atoms with Crippen molar-refractivity contribution >= 4 is 5.91 Å². The Kier molecular flexibility index (Phi) is 5.04. The Balaban J connectivity index is 1.92. The predicted molar refractivity (Wildman–Crippen MR) is 74.4 cm³/mol. The van der Waals surface area contributed by atoms with E-state index < -0.39 is 0 Å². The quantitative estimate of drug-likeness (QED) is 0.779. The number of fused-ring (bicyclic) bond motifs is 1. The van der Waals surface area contributed by atoms with Crippen molar-refractivity contribution in [1.82, 2.24) is 10.2 Å². The van der Waals surface area contributed by atoms with Gasteiger partial charge in [0.05, 0.1) is 0 Å². The van der Waals surface area contributed by atoms with Gasteiger partial charge in [0, 0.05) is 25.6 Å². The van der Waals surface area contributed by atoms with Gasteiger partial charge in [0.1, 0.15) is 0 Å². The second-order valence-electron chi connectivity index (χ2n) is 5.97. The van der Waals surface area contributed by atoms with Crippen molar-refractivity contribution in [3.8, 4) is 0 Å². The van der Waals surface area contributed by atoms with Crippen molar-refractivity contribution in [2.45, 2.75) is 58.4 Å². The molecule has 0 bridgehead atoms. The topological polar surface area (TPSA) is 32.3 Å². The van der Waals surface area contributed by atoms with Gasteiger partial charge in [-0.1, -0.05) is 26.7 Å². The summed E-state index contributed by atoms with van der Waals surface area (Å²) >= 11 is 0. The molecule has 1 saturated carbocycles. The Hall–Kier alpha value is -0.570. The van der Waals surface area contributed by atoms with Gasteiger partial charge in [-0.3, -0.25) is 4.79 Å². The smallest absolute Gasteiger partial charge is 0.224 e. The summed E-state index contributed by atoms with van der Waals surface area (Å²) in [4.78, 5) is 14.5. The Labute approximate surface area is 111 Å². The van der Waals surface area contributed by atoms with Gasteiger partial charge in [-0.2, -0.15) is 0 Å². The highest BCUT2D eigenvalue weighted by Gasteiger charge is 2.38. The van der Waals surface area contributed by atoms with Crippen molar-refractivity contribution in [1.29, 1.82) is 0 Å². The molecule has 0 aromatic rings. The minimum absolute atomic E-state index is 0.375. The summed E-state index contributed by atoms with van der Waals surface area (Å²) in [5, 5.41) is 3.25. The molecule has 1 aliphatic carbocycles. The molecule has 1 heterocycles. The van der Waals surface area contributed by atoms with Gasteiger partial charge in [-0.25, -0.2) is 0 Å². The van der Waals surface area contributed by atoms with Crippen molar-refractivity contribution < 1.29 is 4.79 Å². The van der Waals surface area contributed by atoms with Crippen LogP contribution >= 0.6 is 0 Å². The van der Waals surface area contributed by atoms with Crippen LogP contribution in [0.1, 0.15) is 52.4 Å². The number of likely N-dealkylation sites (tertiary alicyclic amines) is 1. The van der Waals surface area contributed by atoms with E-state index in [0.717, 1.165) is 31.5 Å². The number of carbonyl (C=O) groups excluding carboxylic acids is 1. The highest BCUT2D eigenvalue weighted by atomic mass is 16.2. The van der Waals surface area contributed by atoms with Gasteiger partial charge in [-0.15, -0.1) is 0 Å². The molecule has 1 N–H and O–H groups in total. The molecule has 0 aromatic carbocycles. The largest absolute Gasteiger partial charge is 0.339 e. The average Bonchev–Trinajstić information content (AvgIpc) is 2.39. The molecule has 2 fully saturated rings. The molecule has 1 aliphatic heterocycles. The third-order valence-electron chi connectivity index (χ3n) is 4.82. The summed E-state index contributed by atoms with van der Waals surface area (Å²) in [6.07, 6.45) is 7.13. The van der Waals surface area contributed by atoms with Gasteiger partial charge in [0.2, 0.25) is 5.91 Å². The van der Waals surface area contributed by atoms with E-state index >= 15 is 0 Å². The maximum atomic E-state index is 12.3. The molecule has 0 aromatic heterocycles. The van der Waals surface area contributed by atoms with Gasteiger partial charge >= 0.3 is 0 Å². The van der Waals surface area contributed by atoms with E-state index in [9.17, 15) is 4.79 Å². The molecule has 18 heavy (non-hydrogen) atoms. The van der Waals surface area contributed by atoms with Crippen molar-refractivity contribution in [2.75, 3.05) is 19.6 Å². The van der Waals surface area contributed by atoms with Gasteiger partial charge in [0.15, 0.2) is 0 Å². The number of hydrogen-bond donors (Lipinski definition) is 1. The highest BCUT2D eigenvalue weighted by Crippen LogP contribution is 2.38. The van der Waals surface area contributed by atoms with Crippen LogP contribution < -0.4 is 5.32 Å². The summed E-state index contributed by atoms with van der Waals surface area (Å²) in [6, 6.07) is 0.552. The minimum atomic E-state index is 0.375. The van der Waals surface area contributed by atoms with E-state index in [1.54, 1.807) is 0 Å². The second kappa shape index (κ2) is 6.55. The fourth-order valence-corrected chi connectivity index (χ4v) is 3.74. The monoisotopic (exact) mass is 252 g/mol. The molecule has 104 valence electrons. The van der Waals surface area contributed by atoms with E-state index in [1.807, 2.05) is 0 Å². The summed E-state index contributed by atoms with van der Waals surface area (Å²) in [7, 11) is 0. The fourth-order valence-electron chi connectivity index (χ4n) is 3.74. The van der Waals surface area contributed by atoms with E-state index in [0.29, 0.717) is 18.4 Å². The lowest BCUT2D eigenvalue weighted by Gasteiger charge is -2.47. The molecule has 1 saturated heterocycles. The van der Waals surface area contributed by atoms with E-state index in [2.05, 4.69) is 24.1 Å². The van der Waals surface area contributed by atoms with Crippen LogP contribution in [0.25, 0.3) is 0 Å². The molecule has 0 spiro atoms. The Morgan fingerprint density at radius 1 is 1.28 bits per heavy atom. The van der Waals surface area contributed by atoms with E-state index in [-0.39, 0.29) is 0 Å². The maximum absolute atomic E-state index is 12.3. The van der Waals surface area contributed by atoms with Crippen molar-refractivity contribution in [2.24, 2.45) is 11.8 Å². The van der Waals surface area contributed by atoms with Gasteiger partial charge in [0.25, 0.3) is 0 Å². The van der Waals surface area contributed by atoms with Crippen LogP contribution in [0.3, 0.4) is 0 Å². The van der Waals surface area contributed by atoms with Crippen LogP contribution in [0.15, 0.2) is 0 Å². The number of nitrogens with one attached hydrogen (secondary N) is 1. The average molecular weight is 252 g/mol. The second-order valence-corrected chi connectivity index (χ2v) is 5.97. The normalized spacial score (nSPS) is 32.1. The fraction of sp³-hybridized carbons (Fsp3) is 0.933. The Bertz CT molecular complexity index is 280. The van der Waals surface area contributed by atoms with Crippen molar-refractivity contribution in [3.63, 3.8) is 0 Å². The summed E-state index contributed by atoms with van der Waals surface area (Å²) < 4.78 is 0. The van der Waals surface area contributed by atoms with Crippen molar-refractivity contribution in [3.05, 3.63) is 0 Å². The van der Waals surface area contributed by atoms with Gasteiger partial charge in [-0.05, 0) is 37.6 Å². The predicted octanol–water partition coefficient (Wildman–Crippen LogP) is 2.41. The molecular weight excluding hydrogens is 224 g/mol. The van der Waals surface area contributed by atoms with Gasteiger partial charge < -0.3 is 10.2 Å². The molecule has 1 amide bonds. The number of rotatable bonds is 4.